The van der Waals surface area contributed by atoms with Gasteiger partial charge < -0.3 is 4.74 Å². The summed E-state index contributed by atoms with van der Waals surface area (Å²) in [4.78, 5) is 26.8. The lowest BCUT2D eigenvalue weighted by Gasteiger charge is -2.14. The molecule has 1 saturated heterocycles. The molecule has 0 atom stereocenters. The van der Waals surface area contributed by atoms with E-state index in [4.69, 9.17) is 39.5 Å². The number of hydrogen-bond acceptors (Lipinski definition) is 4. The van der Waals surface area contributed by atoms with Gasteiger partial charge in [0.1, 0.15) is 12.4 Å². The number of ether oxygens (including phenoxy) is 1. The molecule has 0 bridgehead atoms. The van der Waals surface area contributed by atoms with Gasteiger partial charge in [0, 0.05) is 15.6 Å². The van der Waals surface area contributed by atoms with E-state index in [-0.39, 0.29) is 6.61 Å². The van der Waals surface area contributed by atoms with Crippen LogP contribution in [0.3, 0.4) is 0 Å². The number of halogens is 5. The molecule has 1 aliphatic rings. The fourth-order valence-electron chi connectivity index (χ4n) is 3.05. The van der Waals surface area contributed by atoms with Gasteiger partial charge in [-0.1, -0.05) is 53.0 Å². The fraction of sp³-hybridized carbons (Fsp3) is 0.0435. The molecule has 33 heavy (non-hydrogen) atoms. The van der Waals surface area contributed by atoms with Crippen LogP contribution in [0.5, 0.6) is 5.75 Å². The summed E-state index contributed by atoms with van der Waals surface area (Å²) in [6.45, 7) is 0.239. The highest BCUT2D eigenvalue weighted by molar-refractivity contribution is 9.11. The van der Waals surface area contributed by atoms with Crippen LogP contribution in [0.25, 0.3) is 6.08 Å². The molecule has 0 aliphatic carbocycles. The lowest BCUT2D eigenvalue weighted by Crippen LogP contribution is -2.27. The summed E-state index contributed by atoms with van der Waals surface area (Å²) >= 11 is 26.2. The Morgan fingerprint density at radius 1 is 0.939 bits per heavy atom. The molecule has 4 nitrogen and oxygen atoms in total. The van der Waals surface area contributed by atoms with E-state index in [0.29, 0.717) is 45.9 Å². The quantitative estimate of drug-likeness (QED) is 0.259. The molecule has 1 fully saturated rings. The number of rotatable bonds is 5. The fourth-order valence-corrected chi connectivity index (χ4v) is 6.02. The molecular formula is C23H12Br2Cl3NO3S. The molecule has 0 radical (unpaired) electrons. The van der Waals surface area contributed by atoms with E-state index in [1.807, 2.05) is 0 Å². The Kier molecular flexibility index (Phi) is 7.78. The first-order valence-corrected chi connectivity index (χ1v) is 12.9. The van der Waals surface area contributed by atoms with Crippen LogP contribution in [0.15, 0.2) is 68.4 Å². The van der Waals surface area contributed by atoms with Crippen molar-refractivity contribution in [1.82, 2.24) is 0 Å². The summed E-state index contributed by atoms with van der Waals surface area (Å²) < 4.78 is 7.27. The highest BCUT2D eigenvalue weighted by Crippen LogP contribution is 2.40. The van der Waals surface area contributed by atoms with Gasteiger partial charge in [-0.15, -0.1) is 0 Å². The van der Waals surface area contributed by atoms with Crippen LogP contribution in [0.4, 0.5) is 10.5 Å². The number of carbonyl (C=O) groups is 2. The second-order valence-electron chi connectivity index (χ2n) is 6.81. The van der Waals surface area contributed by atoms with E-state index in [1.165, 1.54) is 0 Å². The summed E-state index contributed by atoms with van der Waals surface area (Å²) in [5, 5.41) is 0.987. The van der Waals surface area contributed by atoms with Gasteiger partial charge in [0.25, 0.3) is 11.1 Å². The summed E-state index contributed by atoms with van der Waals surface area (Å²) in [5.41, 5.74) is 1.85. The predicted molar refractivity (Wildman–Crippen MR) is 143 cm³/mol. The van der Waals surface area contributed by atoms with Gasteiger partial charge in [-0.3, -0.25) is 9.59 Å². The summed E-state index contributed by atoms with van der Waals surface area (Å²) in [6, 6.07) is 15.5. The number of carbonyl (C=O) groups excluding carboxylic acids is 2. The van der Waals surface area contributed by atoms with Crippen molar-refractivity contribution < 1.29 is 14.3 Å². The Morgan fingerprint density at radius 3 is 2.30 bits per heavy atom. The number of thioether (sulfide) groups is 1. The Balaban J connectivity index is 1.56. The summed E-state index contributed by atoms with van der Waals surface area (Å²) in [6.07, 6.45) is 1.65. The van der Waals surface area contributed by atoms with E-state index < -0.39 is 11.1 Å². The number of nitrogens with zero attached hydrogens (tertiary/aromatic N) is 1. The average molecular weight is 649 g/mol. The largest absolute Gasteiger partial charge is 0.486 e. The highest BCUT2D eigenvalue weighted by Gasteiger charge is 2.37. The lowest BCUT2D eigenvalue weighted by atomic mass is 10.2. The zero-order valence-corrected chi connectivity index (χ0v) is 22.7. The van der Waals surface area contributed by atoms with Crippen LogP contribution >= 0.6 is 78.4 Å². The smallest absolute Gasteiger partial charge is 0.298 e. The number of para-hydroxylation sites is 1. The van der Waals surface area contributed by atoms with Gasteiger partial charge >= 0.3 is 0 Å². The van der Waals surface area contributed by atoms with Crippen molar-refractivity contribution in [3.05, 3.63) is 94.6 Å². The molecule has 1 aliphatic heterocycles. The number of anilines is 1. The SMILES string of the molecule is O=C1S/C(=C\c2cc(Br)c(OCc3ccc(Cl)cc3Cl)c(Br)c2)C(=O)N1c1ccccc1Cl. The maximum absolute atomic E-state index is 12.9. The topological polar surface area (TPSA) is 46.6 Å². The van der Waals surface area contributed by atoms with Crippen molar-refractivity contribution in [2.75, 3.05) is 4.90 Å². The first kappa shape index (κ1) is 24.6. The van der Waals surface area contributed by atoms with E-state index in [2.05, 4.69) is 31.9 Å². The first-order chi connectivity index (χ1) is 15.7. The third kappa shape index (κ3) is 5.45. The zero-order chi connectivity index (χ0) is 23.7. The van der Waals surface area contributed by atoms with Crippen molar-refractivity contribution in [3.8, 4) is 5.75 Å². The van der Waals surface area contributed by atoms with Gasteiger partial charge in [-0.2, -0.15) is 0 Å². The van der Waals surface area contributed by atoms with Crippen LogP contribution in [-0.4, -0.2) is 11.1 Å². The van der Waals surface area contributed by atoms with E-state index in [1.54, 1.807) is 60.7 Å². The van der Waals surface area contributed by atoms with Crippen molar-refractivity contribution in [3.63, 3.8) is 0 Å². The molecule has 0 unspecified atom stereocenters. The minimum atomic E-state index is -0.428. The second kappa shape index (κ2) is 10.4. The highest BCUT2D eigenvalue weighted by atomic mass is 79.9. The molecule has 0 saturated carbocycles. The molecule has 4 rings (SSSR count). The third-order valence-electron chi connectivity index (χ3n) is 4.59. The van der Waals surface area contributed by atoms with Crippen molar-refractivity contribution in [2.24, 2.45) is 0 Å². The number of hydrogen-bond donors (Lipinski definition) is 0. The van der Waals surface area contributed by atoms with Crippen molar-refractivity contribution in [2.45, 2.75) is 6.61 Å². The number of amides is 2. The Bertz CT molecular complexity index is 1290. The maximum Gasteiger partial charge on any atom is 0.298 e. The normalized spacial score (nSPS) is 14.9. The van der Waals surface area contributed by atoms with E-state index in [9.17, 15) is 9.59 Å². The summed E-state index contributed by atoms with van der Waals surface area (Å²) in [7, 11) is 0. The van der Waals surface area contributed by atoms with Crippen LogP contribution in [0, 0.1) is 0 Å². The molecule has 3 aromatic carbocycles. The Morgan fingerprint density at radius 2 is 1.64 bits per heavy atom. The Labute approximate surface area is 226 Å². The van der Waals surface area contributed by atoms with Gasteiger partial charge in [0.15, 0.2) is 0 Å². The molecule has 0 aromatic heterocycles. The monoisotopic (exact) mass is 645 g/mol. The molecule has 0 N–H and O–H groups in total. The van der Waals surface area contributed by atoms with Crippen LogP contribution in [0.1, 0.15) is 11.1 Å². The van der Waals surface area contributed by atoms with Gasteiger partial charge in [0.05, 0.1) is 24.6 Å². The van der Waals surface area contributed by atoms with Gasteiger partial charge in [-0.05, 0) is 91.7 Å². The van der Waals surface area contributed by atoms with Gasteiger partial charge in [0.2, 0.25) is 0 Å². The first-order valence-electron chi connectivity index (χ1n) is 9.33. The molecule has 0 spiro atoms. The lowest BCUT2D eigenvalue weighted by molar-refractivity contribution is -0.113. The molecule has 168 valence electrons. The van der Waals surface area contributed by atoms with Crippen LogP contribution < -0.4 is 9.64 Å². The van der Waals surface area contributed by atoms with E-state index >= 15 is 0 Å². The maximum atomic E-state index is 12.9. The predicted octanol–water partition coefficient (Wildman–Crippen LogP) is 8.99. The number of imide groups is 1. The second-order valence-corrected chi connectivity index (χ2v) is 10.8. The van der Waals surface area contributed by atoms with Crippen molar-refractivity contribution >= 4 is 101 Å². The Hall–Kier alpha value is -1.48. The average Bonchev–Trinajstić information content (AvgIpc) is 3.02. The summed E-state index contributed by atoms with van der Waals surface area (Å²) in [5.74, 6) is 0.144. The van der Waals surface area contributed by atoms with Crippen LogP contribution in [-0.2, 0) is 11.4 Å². The minimum absolute atomic E-state index is 0.239. The standard InChI is InChI=1S/C23H12Br2Cl3NO3S/c24-15-7-12(8-16(25)21(15)32-11-13-5-6-14(26)10-18(13)28)9-20-22(30)29(23(31)33-20)19-4-2-1-3-17(19)27/h1-10H,11H2/b20-9-. The molecule has 2 amide bonds. The minimum Gasteiger partial charge on any atom is -0.486 e. The van der Waals surface area contributed by atoms with Crippen LogP contribution in [0.2, 0.25) is 15.1 Å². The van der Waals surface area contributed by atoms with E-state index in [0.717, 1.165) is 22.2 Å². The van der Waals surface area contributed by atoms with Crippen molar-refractivity contribution in [1.29, 1.82) is 0 Å². The third-order valence-corrected chi connectivity index (χ3v) is 7.55. The molecule has 3 aromatic rings. The number of benzene rings is 3. The molecular weight excluding hydrogens is 636 g/mol. The molecule has 10 heteroatoms. The molecule has 1 heterocycles. The van der Waals surface area contributed by atoms with Gasteiger partial charge in [-0.25, -0.2) is 4.90 Å². The zero-order valence-electron chi connectivity index (χ0n) is 16.5.